The lowest BCUT2D eigenvalue weighted by Crippen LogP contribution is -2.11. The molecule has 0 aliphatic carbocycles. The Balaban J connectivity index is 2.39. The second-order valence-electron chi connectivity index (χ2n) is 1.93. The number of fused-ring (bicyclic) bond motifs is 1. The zero-order chi connectivity index (χ0) is 6.10. The van der Waals surface area contributed by atoms with Gasteiger partial charge in [-0.3, -0.25) is 0 Å². The highest BCUT2D eigenvalue weighted by Crippen LogP contribution is 2.25. The van der Waals surface area contributed by atoms with Crippen molar-refractivity contribution in [1.29, 1.82) is 0 Å². The van der Waals surface area contributed by atoms with Crippen molar-refractivity contribution >= 4 is 17.0 Å². The van der Waals surface area contributed by atoms with Crippen molar-refractivity contribution in [3.05, 3.63) is 16.3 Å². The standard InChI is InChI=1S/C6H7NOS/c1-2-9-6-3-8-4-7-5(1)6/h1-2,7H,3-4H2. The van der Waals surface area contributed by atoms with Crippen molar-refractivity contribution in [3.63, 3.8) is 0 Å². The Bertz CT molecular complexity index is 188. The zero-order valence-corrected chi connectivity index (χ0v) is 5.70. The lowest BCUT2D eigenvalue weighted by molar-refractivity contribution is 0.133. The molecule has 48 valence electrons. The molecule has 2 rings (SSSR count). The summed E-state index contributed by atoms with van der Waals surface area (Å²) in [6, 6.07) is 2.09. The molecule has 1 aliphatic heterocycles. The van der Waals surface area contributed by atoms with Crippen molar-refractivity contribution in [3.8, 4) is 0 Å². The van der Waals surface area contributed by atoms with Gasteiger partial charge in [0.15, 0.2) is 0 Å². The van der Waals surface area contributed by atoms with Crippen molar-refractivity contribution in [2.24, 2.45) is 0 Å². The van der Waals surface area contributed by atoms with Gasteiger partial charge in [0.2, 0.25) is 0 Å². The largest absolute Gasteiger partial charge is 0.362 e. The van der Waals surface area contributed by atoms with E-state index in [-0.39, 0.29) is 0 Å². The predicted molar refractivity (Wildman–Crippen MR) is 37.6 cm³/mol. The maximum atomic E-state index is 5.15. The van der Waals surface area contributed by atoms with Crippen LogP contribution in [-0.4, -0.2) is 6.73 Å². The highest BCUT2D eigenvalue weighted by atomic mass is 32.1. The van der Waals surface area contributed by atoms with Gasteiger partial charge in [-0.05, 0) is 11.4 Å². The van der Waals surface area contributed by atoms with E-state index in [4.69, 9.17) is 4.74 Å². The fraction of sp³-hybridized carbons (Fsp3) is 0.333. The monoisotopic (exact) mass is 141 g/mol. The molecule has 0 radical (unpaired) electrons. The van der Waals surface area contributed by atoms with Gasteiger partial charge in [0, 0.05) is 0 Å². The fourth-order valence-electron chi connectivity index (χ4n) is 0.882. The van der Waals surface area contributed by atoms with Gasteiger partial charge in [0.05, 0.1) is 17.2 Å². The van der Waals surface area contributed by atoms with Crippen molar-refractivity contribution in [2.75, 3.05) is 12.0 Å². The molecule has 0 saturated heterocycles. The molecule has 1 aliphatic rings. The topological polar surface area (TPSA) is 21.3 Å². The van der Waals surface area contributed by atoms with E-state index in [9.17, 15) is 0 Å². The molecular formula is C6H7NOS. The molecule has 0 unspecified atom stereocenters. The van der Waals surface area contributed by atoms with Crippen LogP contribution in [0.3, 0.4) is 0 Å². The molecule has 0 amide bonds. The van der Waals surface area contributed by atoms with E-state index in [2.05, 4.69) is 16.8 Å². The summed E-state index contributed by atoms with van der Waals surface area (Å²) in [4.78, 5) is 1.31. The Hall–Kier alpha value is -0.540. The minimum absolute atomic E-state index is 0.656. The molecule has 2 nitrogen and oxygen atoms in total. The normalized spacial score (nSPS) is 16.4. The third kappa shape index (κ3) is 0.821. The molecule has 2 heterocycles. The quantitative estimate of drug-likeness (QED) is 0.593. The molecule has 9 heavy (non-hydrogen) atoms. The van der Waals surface area contributed by atoms with Crippen LogP contribution in [0.4, 0.5) is 5.69 Å². The Morgan fingerprint density at radius 3 is 3.56 bits per heavy atom. The molecule has 0 fully saturated rings. The van der Waals surface area contributed by atoms with Gasteiger partial charge in [-0.15, -0.1) is 11.3 Å². The number of anilines is 1. The third-order valence-electron chi connectivity index (χ3n) is 1.34. The molecule has 0 saturated carbocycles. The van der Waals surface area contributed by atoms with Crippen LogP contribution in [-0.2, 0) is 11.3 Å². The van der Waals surface area contributed by atoms with E-state index in [1.807, 2.05) is 0 Å². The third-order valence-corrected chi connectivity index (χ3v) is 2.24. The Kier molecular flexibility index (Phi) is 1.17. The summed E-state index contributed by atoms with van der Waals surface area (Å²) in [7, 11) is 0. The lowest BCUT2D eigenvalue weighted by atomic mass is 10.4. The maximum Gasteiger partial charge on any atom is 0.117 e. The van der Waals surface area contributed by atoms with E-state index in [0.29, 0.717) is 6.73 Å². The van der Waals surface area contributed by atoms with E-state index in [1.165, 1.54) is 10.6 Å². The Labute approximate surface area is 57.5 Å². The number of rotatable bonds is 0. The second kappa shape index (κ2) is 2.01. The van der Waals surface area contributed by atoms with Crippen LogP contribution in [0, 0.1) is 0 Å². The highest BCUT2D eigenvalue weighted by molar-refractivity contribution is 7.10. The van der Waals surface area contributed by atoms with Crippen LogP contribution in [0.2, 0.25) is 0 Å². The molecule has 0 spiro atoms. The zero-order valence-electron chi connectivity index (χ0n) is 4.89. The van der Waals surface area contributed by atoms with Gasteiger partial charge >= 0.3 is 0 Å². The molecule has 0 bridgehead atoms. The van der Waals surface area contributed by atoms with Gasteiger partial charge in [-0.25, -0.2) is 0 Å². The van der Waals surface area contributed by atoms with Crippen LogP contribution in [0.1, 0.15) is 4.88 Å². The van der Waals surface area contributed by atoms with Gasteiger partial charge in [-0.1, -0.05) is 0 Å². The Morgan fingerprint density at radius 2 is 2.67 bits per heavy atom. The molecule has 0 atom stereocenters. The van der Waals surface area contributed by atoms with E-state index in [0.717, 1.165) is 6.61 Å². The molecule has 1 N–H and O–H groups in total. The van der Waals surface area contributed by atoms with Crippen LogP contribution >= 0.6 is 11.3 Å². The summed E-state index contributed by atoms with van der Waals surface area (Å²) >= 11 is 1.74. The average molecular weight is 141 g/mol. The van der Waals surface area contributed by atoms with Gasteiger partial charge < -0.3 is 10.1 Å². The molecule has 1 aromatic heterocycles. The van der Waals surface area contributed by atoms with Gasteiger partial charge in [0.25, 0.3) is 0 Å². The van der Waals surface area contributed by atoms with Crippen LogP contribution < -0.4 is 5.32 Å². The van der Waals surface area contributed by atoms with Gasteiger partial charge in [0.1, 0.15) is 6.73 Å². The first-order valence-electron chi connectivity index (χ1n) is 2.85. The summed E-state index contributed by atoms with van der Waals surface area (Å²) < 4.78 is 5.15. The van der Waals surface area contributed by atoms with Crippen LogP contribution in [0.15, 0.2) is 11.4 Å². The molecule has 0 aromatic carbocycles. The van der Waals surface area contributed by atoms with Crippen molar-refractivity contribution < 1.29 is 4.74 Å². The molecular weight excluding hydrogens is 134 g/mol. The number of nitrogens with one attached hydrogen (secondary N) is 1. The fourth-order valence-corrected chi connectivity index (χ4v) is 1.67. The number of thiophene rings is 1. The SMILES string of the molecule is c1cc2c(s1)COCN2. The lowest BCUT2D eigenvalue weighted by Gasteiger charge is -2.13. The molecule has 1 aromatic rings. The minimum Gasteiger partial charge on any atom is -0.362 e. The number of ether oxygens (including phenoxy) is 1. The minimum atomic E-state index is 0.656. The highest BCUT2D eigenvalue weighted by Gasteiger charge is 2.07. The van der Waals surface area contributed by atoms with Crippen molar-refractivity contribution in [2.45, 2.75) is 6.61 Å². The van der Waals surface area contributed by atoms with Crippen LogP contribution in [0.5, 0.6) is 0 Å². The van der Waals surface area contributed by atoms with Crippen molar-refractivity contribution in [1.82, 2.24) is 0 Å². The molecule has 3 heteroatoms. The predicted octanol–water partition coefficient (Wildman–Crippen LogP) is 1.65. The maximum absolute atomic E-state index is 5.15. The van der Waals surface area contributed by atoms with E-state index >= 15 is 0 Å². The van der Waals surface area contributed by atoms with Crippen LogP contribution in [0.25, 0.3) is 0 Å². The first-order valence-corrected chi connectivity index (χ1v) is 3.73. The Morgan fingerprint density at radius 1 is 1.67 bits per heavy atom. The summed E-state index contributed by atoms with van der Waals surface area (Å²) in [5, 5.41) is 5.21. The number of hydrogen-bond donors (Lipinski definition) is 1. The smallest absolute Gasteiger partial charge is 0.117 e. The second-order valence-corrected chi connectivity index (χ2v) is 2.93. The first-order chi connectivity index (χ1) is 4.47. The summed E-state index contributed by atoms with van der Waals surface area (Å²) in [5.41, 5.74) is 1.24. The van der Waals surface area contributed by atoms with Gasteiger partial charge in [-0.2, -0.15) is 0 Å². The summed E-state index contributed by atoms with van der Waals surface area (Å²) in [6.45, 7) is 1.43. The number of hydrogen-bond acceptors (Lipinski definition) is 3. The van der Waals surface area contributed by atoms with E-state index in [1.54, 1.807) is 11.3 Å². The van der Waals surface area contributed by atoms with E-state index < -0.39 is 0 Å². The average Bonchev–Trinajstić information content (AvgIpc) is 2.33. The first kappa shape index (κ1) is 5.26. The summed E-state index contributed by atoms with van der Waals surface area (Å²) in [5.74, 6) is 0. The summed E-state index contributed by atoms with van der Waals surface area (Å²) in [6.07, 6.45) is 0.